The van der Waals surface area contributed by atoms with Gasteiger partial charge in [-0.2, -0.15) is 5.26 Å². The maximum absolute atomic E-state index is 8.79. The van der Waals surface area contributed by atoms with Crippen molar-refractivity contribution in [2.24, 2.45) is 5.92 Å². The minimum atomic E-state index is 0.605. The van der Waals surface area contributed by atoms with Gasteiger partial charge in [0, 0.05) is 13.1 Å². The van der Waals surface area contributed by atoms with E-state index in [-0.39, 0.29) is 0 Å². The average Bonchev–Trinajstić information content (AvgIpc) is 2.42. The normalized spacial score (nSPS) is 17.1. The lowest BCUT2D eigenvalue weighted by molar-refractivity contribution is 0.199. The highest BCUT2D eigenvalue weighted by atomic mass is 15.1. The maximum Gasteiger partial charge on any atom is 0.0992 e. The zero-order valence-electron chi connectivity index (χ0n) is 11.5. The number of nitrogen functional groups attached to an aromatic ring is 1. The molecule has 0 radical (unpaired) electrons. The number of rotatable bonds is 4. The van der Waals surface area contributed by atoms with Gasteiger partial charge in [0.1, 0.15) is 0 Å². The lowest BCUT2D eigenvalue weighted by Crippen LogP contribution is -2.36. The van der Waals surface area contributed by atoms with E-state index in [2.05, 4.69) is 23.2 Å². The number of nitrogens with two attached hydrogens (primary N) is 1. The molecule has 1 aromatic rings. The van der Waals surface area contributed by atoms with Crippen LogP contribution in [-0.2, 0) is 0 Å². The molecule has 0 unspecified atom stereocenters. The standard InChI is InChI=1S/C15H22N4/c1-12-4-7-19(8-5-12)9-6-18-15-3-2-13(11-16)10-14(15)17/h2-3,10,12,18H,4-9,17H2,1H3. The van der Waals surface area contributed by atoms with Crippen molar-refractivity contribution in [3.8, 4) is 6.07 Å². The Labute approximate surface area is 115 Å². The van der Waals surface area contributed by atoms with Crippen LogP contribution in [0.15, 0.2) is 18.2 Å². The SMILES string of the molecule is CC1CCN(CCNc2ccc(C#N)cc2N)CC1. The summed E-state index contributed by atoms with van der Waals surface area (Å²) < 4.78 is 0. The summed E-state index contributed by atoms with van der Waals surface area (Å²) in [4.78, 5) is 2.49. The Kier molecular flexibility index (Phi) is 4.64. The molecule has 4 heteroatoms. The van der Waals surface area contributed by atoms with Crippen LogP contribution < -0.4 is 11.1 Å². The molecule has 2 rings (SSSR count). The van der Waals surface area contributed by atoms with Crippen molar-refractivity contribution in [1.82, 2.24) is 4.90 Å². The highest BCUT2D eigenvalue weighted by Crippen LogP contribution is 2.19. The average molecular weight is 258 g/mol. The van der Waals surface area contributed by atoms with Crippen LogP contribution in [0.1, 0.15) is 25.3 Å². The van der Waals surface area contributed by atoms with Gasteiger partial charge in [-0.25, -0.2) is 0 Å². The fourth-order valence-corrected chi connectivity index (χ4v) is 2.43. The van der Waals surface area contributed by atoms with Crippen LogP contribution in [0.4, 0.5) is 11.4 Å². The first kappa shape index (κ1) is 13.7. The summed E-state index contributed by atoms with van der Waals surface area (Å²) in [5, 5.41) is 12.1. The number of benzene rings is 1. The van der Waals surface area contributed by atoms with Gasteiger partial charge in [0.05, 0.1) is 23.0 Å². The van der Waals surface area contributed by atoms with Crippen molar-refractivity contribution in [2.45, 2.75) is 19.8 Å². The van der Waals surface area contributed by atoms with Crippen molar-refractivity contribution in [3.63, 3.8) is 0 Å². The summed E-state index contributed by atoms with van der Waals surface area (Å²) >= 11 is 0. The minimum absolute atomic E-state index is 0.605. The molecule has 1 aliphatic rings. The number of hydrogen-bond donors (Lipinski definition) is 2. The summed E-state index contributed by atoms with van der Waals surface area (Å²) in [6, 6.07) is 7.48. The second-order valence-corrected chi connectivity index (χ2v) is 5.36. The number of nitriles is 1. The largest absolute Gasteiger partial charge is 0.397 e. The second kappa shape index (κ2) is 6.44. The lowest BCUT2D eigenvalue weighted by Gasteiger charge is -2.30. The molecular formula is C15H22N4. The molecule has 1 saturated heterocycles. The second-order valence-electron chi connectivity index (χ2n) is 5.36. The van der Waals surface area contributed by atoms with Gasteiger partial charge in [-0.15, -0.1) is 0 Å². The fourth-order valence-electron chi connectivity index (χ4n) is 2.43. The summed E-state index contributed by atoms with van der Waals surface area (Å²) in [7, 11) is 0. The number of nitrogens with one attached hydrogen (secondary N) is 1. The smallest absolute Gasteiger partial charge is 0.0992 e. The number of likely N-dealkylation sites (tertiary alicyclic amines) is 1. The molecule has 1 aliphatic heterocycles. The van der Waals surface area contributed by atoms with Crippen LogP contribution >= 0.6 is 0 Å². The molecule has 102 valence electrons. The number of nitrogens with zero attached hydrogens (tertiary/aromatic N) is 2. The van der Waals surface area contributed by atoms with Gasteiger partial charge in [0.2, 0.25) is 0 Å². The third-order valence-corrected chi connectivity index (χ3v) is 3.80. The molecule has 0 amide bonds. The van der Waals surface area contributed by atoms with E-state index in [9.17, 15) is 0 Å². The van der Waals surface area contributed by atoms with Crippen molar-refractivity contribution < 1.29 is 0 Å². The van der Waals surface area contributed by atoms with Crippen molar-refractivity contribution in [1.29, 1.82) is 5.26 Å². The molecule has 0 aromatic heterocycles. The number of hydrogen-bond acceptors (Lipinski definition) is 4. The van der Waals surface area contributed by atoms with E-state index >= 15 is 0 Å². The molecule has 4 nitrogen and oxygen atoms in total. The predicted molar refractivity (Wildman–Crippen MR) is 78.9 cm³/mol. The zero-order valence-corrected chi connectivity index (χ0v) is 11.5. The van der Waals surface area contributed by atoms with Crippen LogP contribution in [0.25, 0.3) is 0 Å². The third-order valence-electron chi connectivity index (χ3n) is 3.80. The quantitative estimate of drug-likeness (QED) is 0.813. The van der Waals surface area contributed by atoms with Gasteiger partial charge in [0.25, 0.3) is 0 Å². The summed E-state index contributed by atoms with van der Waals surface area (Å²) in [5.74, 6) is 0.873. The molecule has 0 spiro atoms. The van der Waals surface area contributed by atoms with Gasteiger partial charge in [-0.3, -0.25) is 0 Å². The zero-order chi connectivity index (χ0) is 13.7. The van der Waals surface area contributed by atoms with Crippen LogP contribution in [0.5, 0.6) is 0 Å². The van der Waals surface area contributed by atoms with Crippen molar-refractivity contribution in [2.75, 3.05) is 37.2 Å². The first-order valence-electron chi connectivity index (χ1n) is 6.95. The summed E-state index contributed by atoms with van der Waals surface area (Å²) in [6.45, 7) is 6.67. The molecule has 19 heavy (non-hydrogen) atoms. The topological polar surface area (TPSA) is 65.1 Å². The van der Waals surface area contributed by atoms with E-state index in [0.29, 0.717) is 11.3 Å². The van der Waals surface area contributed by atoms with E-state index in [1.807, 2.05) is 6.07 Å². The molecular weight excluding hydrogens is 236 g/mol. The fraction of sp³-hybridized carbons (Fsp3) is 0.533. The van der Waals surface area contributed by atoms with Gasteiger partial charge in [0.15, 0.2) is 0 Å². The highest BCUT2D eigenvalue weighted by molar-refractivity contribution is 5.68. The van der Waals surface area contributed by atoms with Crippen LogP contribution in [0, 0.1) is 17.2 Å². The maximum atomic E-state index is 8.79. The monoisotopic (exact) mass is 258 g/mol. The van der Waals surface area contributed by atoms with Crippen LogP contribution in [0.3, 0.4) is 0 Å². The summed E-state index contributed by atoms with van der Waals surface area (Å²) in [5.41, 5.74) is 8.08. The van der Waals surface area contributed by atoms with Crippen molar-refractivity contribution in [3.05, 3.63) is 23.8 Å². The predicted octanol–water partition coefficient (Wildman–Crippen LogP) is 2.28. The van der Waals surface area contributed by atoms with Gasteiger partial charge in [-0.1, -0.05) is 6.92 Å². The molecule has 0 bridgehead atoms. The lowest BCUT2D eigenvalue weighted by atomic mass is 9.99. The van der Waals surface area contributed by atoms with Gasteiger partial charge < -0.3 is 16.0 Å². The molecule has 1 heterocycles. The van der Waals surface area contributed by atoms with E-state index in [4.69, 9.17) is 11.0 Å². The first-order chi connectivity index (χ1) is 9.19. The van der Waals surface area contributed by atoms with Gasteiger partial charge >= 0.3 is 0 Å². The van der Waals surface area contributed by atoms with E-state index in [1.165, 1.54) is 25.9 Å². The Bertz CT molecular complexity index is 456. The molecule has 1 aromatic carbocycles. The number of piperidine rings is 1. The molecule has 1 fully saturated rings. The van der Waals surface area contributed by atoms with Crippen LogP contribution in [0.2, 0.25) is 0 Å². The van der Waals surface area contributed by atoms with E-state index in [1.54, 1.807) is 12.1 Å². The molecule has 3 N–H and O–H groups in total. The van der Waals surface area contributed by atoms with E-state index in [0.717, 1.165) is 24.7 Å². The summed E-state index contributed by atoms with van der Waals surface area (Å²) in [6.07, 6.45) is 2.61. The minimum Gasteiger partial charge on any atom is -0.397 e. The number of anilines is 2. The molecule has 0 atom stereocenters. The Hall–Kier alpha value is -1.73. The van der Waals surface area contributed by atoms with Crippen LogP contribution in [-0.4, -0.2) is 31.1 Å². The Morgan fingerprint density at radius 1 is 1.42 bits per heavy atom. The molecule has 0 aliphatic carbocycles. The Morgan fingerprint density at radius 3 is 2.79 bits per heavy atom. The highest BCUT2D eigenvalue weighted by Gasteiger charge is 2.14. The Balaban J connectivity index is 1.78. The van der Waals surface area contributed by atoms with E-state index < -0.39 is 0 Å². The van der Waals surface area contributed by atoms with Crippen molar-refractivity contribution >= 4 is 11.4 Å². The first-order valence-corrected chi connectivity index (χ1v) is 6.95. The van der Waals surface area contributed by atoms with Gasteiger partial charge in [-0.05, 0) is 50.0 Å². The molecule has 0 saturated carbocycles. The third kappa shape index (κ3) is 3.87. The Morgan fingerprint density at radius 2 is 2.16 bits per heavy atom.